The van der Waals surface area contributed by atoms with Crippen molar-refractivity contribution in [1.82, 2.24) is 0 Å². The smallest absolute Gasteiger partial charge is 0.124 e. The average molecular weight is 427 g/mol. The number of halogens is 4. The van der Waals surface area contributed by atoms with Gasteiger partial charge in [-0.15, -0.1) is 0 Å². The molecule has 0 heterocycles. The topological polar surface area (TPSA) is 21.3 Å². The molecule has 0 unspecified atom stereocenters. The molecule has 0 atom stereocenters. The highest BCUT2D eigenvalue weighted by Crippen LogP contribution is 2.28. The maximum atomic E-state index is 6.20. The minimum atomic E-state index is 0.398. The lowest BCUT2D eigenvalue weighted by atomic mass is 10.2. The van der Waals surface area contributed by atoms with Gasteiger partial charge in [-0.2, -0.15) is 0 Å². The zero-order chi connectivity index (χ0) is 18.5. The molecule has 0 saturated heterocycles. The lowest BCUT2D eigenvalue weighted by molar-refractivity contribution is 0.303. The summed E-state index contributed by atoms with van der Waals surface area (Å²) in [7, 11) is 0. The molecule has 0 bridgehead atoms. The number of para-hydroxylation sites is 1. The fraction of sp³-hybridized carbons (Fsp3) is 0.100. The van der Waals surface area contributed by atoms with Gasteiger partial charge in [0.15, 0.2) is 0 Å². The molecule has 0 saturated carbocycles. The molecule has 0 aliphatic carbocycles. The number of hydrogen-bond acceptors (Lipinski definition) is 2. The van der Waals surface area contributed by atoms with Crippen molar-refractivity contribution >= 4 is 52.1 Å². The third kappa shape index (κ3) is 4.99. The van der Waals surface area contributed by atoms with Crippen LogP contribution in [-0.4, -0.2) is 0 Å². The Balaban J connectivity index is 1.68. The van der Waals surface area contributed by atoms with Gasteiger partial charge in [0.25, 0.3) is 0 Å². The highest BCUT2D eigenvalue weighted by Gasteiger charge is 2.07. The van der Waals surface area contributed by atoms with E-state index in [1.54, 1.807) is 24.3 Å². The minimum absolute atomic E-state index is 0.398. The Kier molecular flexibility index (Phi) is 6.55. The van der Waals surface area contributed by atoms with Gasteiger partial charge in [-0.3, -0.25) is 0 Å². The molecule has 134 valence electrons. The fourth-order valence-electron chi connectivity index (χ4n) is 2.40. The predicted molar refractivity (Wildman–Crippen MR) is 111 cm³/mol. The highest BCUT2D eigenvalue weighted by molar-refractivity contribution is 6.42. The molecular formula is C20H15Cl4NO. The quantitative estimate of drug-likeness (QED) is 0.440. The number of ether oxygens (including phenoxy) is 1. The minimum Gasteiger partial charge on any atom is -0.489 e. The van der Waals surface area contributed by atoms with Gasteiger partial charge in [-0.25, -0.2) is 0 Å². The van der Waals surface area contributed by atoms with Crippen molar-refractivity contribution in [3.8, 4) is 5.75 Å². The van der Waals surface area contributed by atoms with Crippen LogP contribution in [0.1, 0.15) is 11.1 Å². The van der Waals surface area contributed by atoms with E-state index < -0.39 is 0 Å². The molecular weight excluding hydrogens is 412 g/mol. The molecule has 3 rings (SSSR count). The Hall–Kier alpha value is -1.58. The van der Waals surface area contributed by atoms with E-state index in [9.17, 15) is 0 Å². The maximum absolute atomic E-state index is 6.20. The molecule has 0 aromatic heterocycles. The Labute approximate surface area is 172 Å². The number of benzene rings is 3. The second-order valence-corrected chi connectivity index (χ2v) is 7.28. The van der Waals surface area contributed by atoms with Crippen LogP contribution in [0, 0.1) is 0 Å². The fourth-order valence-corrected chi connectivity index (χ4v) is 3.20. The van der Waals surface area contributed by atoms with E-state index in [1.165, 1.54) is 0 Å². The van der Waals surface area contributed by atoms with Crippen LogP contribution in [0.4, 0.5) is 5.69 Å². The van der Waals surface area contributed by atoms with E-state index in [-0.39, 0.29) is 0 Å². The summed E-state index contributed by atoms with van der Waals surface area (Å²) in [5.41, 5.74) is 2.77. The molecule has 0 spiro atoms. The van der Waals surface area contributed by atoms with Crippen LogP contribution >= 0.6 is 46.4 Å². The Morgan fingerprint density at radius 2 is 1.58 bits per heavy atom. The molecule has 3 aromatic rings. The first-order valence-corrected chi connectivity index (χ1v) is 9.37. The van der Waals surface area contributed by atoms with Gasteiger partial charge in [-0.1, -0.05) is 70.7 Å². The van der Waals surface area contributed by atoms with Crippen LogP contribution in [0.25, 0.3) is 0 Å². The van der Waals surface area contributed by atoms with Crippen LogP contribution in [0.15, 0.2) is 60.7 Å². The van der Waals surface area contributed by atoms with Crippen LogP contribution in [0.2, 0.25) is 20.1 Å². The summed E-state index contributed by atoms with van der Waals surface area (Å²) in [6.45, 7) is 0.967. The van der Waals surface area contributed by atoms with E-state index in [2.05, 4.69) is 5.32 Å². The van der Waals surface area contributed by atoms with Crippen molar-refractivity contribution in [2.75, 3.05) is 5.32 Å². The molecule has 26 heavy (non-hydrogen) atoms. The summed E-state index contributed by atoms with van der Waals surface area (Å²) in [6, 6.07) is 18.6. The third-order valence-electron chi connectivity index (χ3n) is 3.75. The van der Waals surface area contributed by atoms with Gasteiger partial charge in [0.1, 0.15) is 12.4 Å². The van der Waals surface area contributed by atoms with Crippen molar-refractivity contribution in [1.29, 1.82) is 0 Å². The van der Waals surface area contributed by atoms with Crippen molar-refractivity contribution in [2.45, 2.75) is 13.2 Å². The molecule has 0 aliphatic heterocycles. The molecule has 0 amide bonds. The first-order valence-electron chi connectivity index (χ1n) is 7.86. The molecule has 6 heteroatoms. The van der Waals surface area contributed by atoms with Crippen LogP contribution in [0.3, 0.4) is 0 Å². The van der Waals surface area contributed by atoms with E-state index in [4.69, 9.17) is 51.1 Å². The monoisotopic (exact) mass is 425 g/mol. The SMILES string of the molecule is Clc1ccc(NCc2ccccc2OCc2ccc(Cl)c(Cl)c2)c(Cl)c1. The van der Waals surface area contributed by atoms with Gasteiger partial charge in [0, 0.05) is 17.1 Å². The van der Waals surface area contributed by atoms with Crippen molar-refractivity contribution in [3.63, 3.8) is 0 Å². The zero-order valence-electron chi connectivity index (χ0n) is 13.6. The molecule has 3 aromatic carbocycles. The molecule has 0 aliphatic rings. The number of hydrogen-bond donors (Lipinski definition) is 1. The van der Waals surface area contributed by atoms with E-state index in [0.29, 0.717) is 33.2 Å². The van der Waals surface area contributed by atoms with Gasteiger partial charge >= 0.3 is 0 Å². The standard InChI is InChI=1S/C20H15Cl4NO/c21-15-6-8-19(18(24)10-15)25-11-14-3-1-2-4-20(14)26-12-13-5-7-16(22)17(23)9-13/h1-10,25H,11-12H2. The van der Waals surface area contributed by atoms with E-state index >= 15 is 0 Å². The summed E-state index contributed by atoms with van der Waals surface area (Å²) >= 11 is 24.1. The second kappa shape index (κ2) is 8.88. The normalized spacial score (nSPS) is 10.6. The Morgan fingerprint density at radius 1 is 0.769 bits per heavy atom. The summed E-state index contributed by atoms with van der Waals surface area (Å²) in [5.74, 6) is 0.788. The van der Waals surface area contributed by atoms with Gasteiger partial charge < -0.3 is 10.1 Å². The van der Waals surface area contributed by atoms with Crippen molar-refractivity contribution in [2.24, 2.45) is 0 Å². The Bertz CT molecular complexity index is 914. The second-order valence-electron chi connectivity index (χ2n) is 5.62. The molecule has 2 nitrogen and oxygen atoms in total. The van der Waals surface area contributed by atoms with Crippen LogP contribution in [-0.2, 0) is 13.2 Å². The lowest BCUT2D eigenvalue weighted by Crippen LogP contribution is -2.04. The number of anilines is 1. The van der Waals surface area contributed by atoms with Crippen LogP contribution < -0.4 is 10.1 Å². The molecule has 1 N–H and O–H groups in total. The highest BCUT2D eigenvalue weighted by atomic mass is 35.5. The summed E-state index contributed by atoms with van der Waals surface area (Å²) in [6.07, 6.45) is 0. The first kappa shape index (κ1) is 19.2. The van der Waals surface area contributed by atoms with E-state index in [1.807, 2.05) is 36.4 Å². The summed E-state index contributed by atoms with van der Waals surface area (Å²) in [4.78, 5) is 0. The van der Waals surface area contributed by atoms with Gasteiger partial charge in [-0.05, 0) is 42.0 Å². The zero-order valence-corrected chi connectivity index (χ0v) is 16.6. The lowest BCUT2D eigenvalue weighted by Gasteiger charge is -2.14. The summed E-state index contributed by atoms with van der Waals surface area (Å²) in [5, 5.41) is 5.52. The van der Waals surface area contributed by atoms with Crippen molar-refractivity contribution in [3.05, 3.63) is 91.9 Å². The van der Waals surface area contributed by atoms with Crippen molar-refractivity contribution < 1.29 is 4.74 Å². The average Bonchev–Trinajstić information content (AvgIpc) is 2.63. The number of rotatable bonds is 6. The van der Waals surface area contributed by atoms with E-state index in [0.717, 1.165) is 22.6 Å². The summed E-state index contributed by atoms with van der Waals surface area (Å²) < 4.78 is 5.96. The van der Waals surface area contributed by atoms with Gasteiger partial charge in [0.05, 0.1) is 20.8 Å². The molecule has 0 radical (unpaired) electrons. The third-order valence-corrected chi connectivity index (χ3v) is 5.04. The van der Waals surface area contributed by atoms with Crippen LogP contribution in [0.5, 0.6) is 5.75 Å². The largest absolute Gasteiger partial charge is 0.489 e. The Morgan fingerprint density at radius 3 is 2.35 bits per heavy atom. The molecule has 0 fully saturated rings. The first-order chi connectivity index (χ1) is 12.5. The predicted octanol–water partition coefficient (Wildman–Crippen LogP) is 7.49. The number of nitrogens with one attached hydrogen (secondary N) is 1. The maximum Gasteiger partial charge on any atom is 0.124 e. The van der Waals surface area contributed by atoms with Gasteiger partial charge in [0.2, 0.25) is 0 Å².